The Balaban J connectivity index is 1.66. The Hall–Kier alpha value is -2.25. The number of nitrogens with zero attached hydrogens (tertiary/aromatic N) is 3. The molecule has 8 heteroatoms. The predicted octanol–water partition coefficient (Wildman–Crippen LogP) is 3.51. The Morgan fingerprint density at radius 2 is 2.14 bits per heavy atom. The first-order valence-corrected chi connectivity index (χ1v) is 7.46. The number of rotatable bonds is 4. The zero-order valence-electron chi connectivity index (χ0n) is 11.4. The van der Waals surface area contributed by atoms with E-state index >= 15 is 0 Å². The van der Waals surface area contributed by atoms with E-state index < -0.39 is 5.97 Å². The summed E-state index contributed by atoms with van der Waals surface area (Å²) in [6, 6.07) is 8.89. The summed E-state index contributed by atoms with van der Waals surface area (Å²) in [6.45, 7) is 1.72. The molecule has 0 saturated heterocycles. The molecule has 3 aromatic rings. The van der Waals surface area contributed by atoms with Crippen molar-refractivity contribution in [2.75, 3.05) is 0 Å². The van der Waals surface area contributed by atoms with Gasteiger partial charge in [0.05, 0.1) is 5.69 Å². The van der Waals surface area contributed by atoms with Gasteiger partial charge in [0.2, 0.25) is 0 Å². The SMILES string of the molecule is Cc1nnsc1C(=O)OCc1cc(-c2ccc(Cl)cc2)on1. The first-order chi connectivity index (χ1) is 10.6. The van der Waals surface area contributed by atoms with Gasteiger partial charge in [0.1, 0.15) is 12.3 Å². The largest absolute Gasteiger partial charge is 0.455 e. The van der Waals surface area contributed by atoms with Crippen LogP contribution in [-0.2, 0) is 11.3 Å². The van der Waals surface area contributed by atoms with Gasteiger partial charge >= 0.3 is 5.97 Å². The van der Waals surface area contributed by atoms with Crippen LogP contribution in [0.4, 0.5) is 0 Å². The van der Waals surface area contributed by atoms with Gasteiger partial charge in [-0.15, -0.1) is 5.10 Å². The zero-order chi connectivity index (χ0) is 15.5. The summed E-state index contributed by atoms with van der Waals surface area (Å²) >= 11 is 6.84. The van der Waals surface area contributed by atoms with Crippen LogP contribution >= 0.6 is 23.1 Å². The normalized spacial score (nSPS) is 10.6. The maximum Gasteiger partial charge on any atom is 0.352 e. The van der Waals surface area contributed by atoms with Crippen LogP contribution in [0.3, 0.4) is 0 Å². The van der Waals surface area contributed by atoms with Crippen molar-refractivity contribution in [1.29, 1.82) is 0 Å². The zero-order valence-corrected chi connectivity index (χ0v) is 13.0. The van der Waals surface area contributed by atoms with Gasteiger partial charge in [-0.1, -0.05) is 21.2 Å². The number of aromatic nitrogens is 3. The highest BCUT2D eigenvalue weighted by Gasteiger charge is 2.16. The molecule has 0 bridgehead atoms. The Morgan fingerprint density at radius 3 is 2.82 bits per heavy atom. The number of carbonyl (C=O) groups excluding carboxylic acids is 1. The third-order valence-electron chi connectivity index (χ3n) is 2.88. The van der Waals surface area contributed by atoms with Crippen LogP contribution in [0.5, 0.6) is 0 Å². The molecule has 3 rings (SSSR count). The highest BCUT2D eigenvalue weighted by Crippen LogP contribution is 2.22. The lowest BCUT2D eigenvalue weighted by Crippen LogP contribution is -2.05. The average molecular weight is 336 g/mol. The molecule has 0 aliphatic rings. The first kappa shape index (κ1) is 14.7. The number of aryl methyl sites for hydroxylation is 1. The van der Waals surface area contributed by atoms with Crippen molar-refractivity contribution in [3.8, 4) is 11.3 Å². The first-order valence-electron chi connectivity index (χ1n) is 6.31. The van der Waals surface area contributed by atoms with E-state index in [2.05, 4.69) is 14.7 Å². The number of esters is 1. The molecule has 22 heavy (non-hydrogen) atoms. The summed E-state index contributed by atoms with van der Waals surface area (Å²) in [5, 5.41) is 8.29. The number of carbonyl (C=O) groups is 1. The minimum Gasteiger partial charge on any atom is -0.455 e. The predicted molar refractivity (Wildman–Crippen MR) is 80.7 cm³/mol. The topological polar surface area (TPSA) is 78.1 Å². The van der Waals surface area contributed by atoms with Gasteiger partial charge in [-0.05, 0) is 42.7 Å². The second kappa shape index (κ2) is 6.25. The Bertz CT molecular complexity index is 798. The van der Waals surface area contributed by atoms with E-state index in [1.807, 2.05) is 12.1 Å². The third kappa shape index (κ3) is 3.15. The molecule has 112 valence electrons. The minimum absolute atomic E-state index is 0.0211. The van der Waals surface area contributed by atoms with Gasteiger partial charge in [-0.3, -0.25) is 0 Å². The van der Waals surface area contributed by atoms with Crippen molar-refractivity contribution < 1.29 is 14.1 Å². The van der Waals surface area contributed by atoms with Crippen molar-refractivity contribution in [3.05, 3.63) is 51.6 Å². The molecule has 0 amide bonds. The number of halogens is 1. The van der Waals surface area contributed by atoms with E-state index in [1.54, 1.807) is 25.1 Å². The minimum atomic E-state index is -0.469. The maximum absolute atomic E-state index is 11.8. The van der Waals surface area contributed by atoms with Gasteiger partial charge in [0.15, 0.2) is 10.6 Å². The van der Waals surface area contributed by atoms with Gasteiger partial charge in [-0.25, -0.2) is 4.79 Å². The summed E-state index contributed by atoms with van der Waals surface area (Å²) in [6.07, 6.45) is 0. The smallest absolute Gasteiger partial charge is 0.352 e. The molecule has 0 atom stereocenters. The van der Waals surface area contributed by atoms with E-state index in [9.17, 15) is 4.79 Å². The lowest BCUT2D eigenvalue weighted by Gasteiger charge is -1.99. The van der Waals surface area contributed by atoms with E-state index in [0.29, 0.717) is 27.0 Å². The molecular formula is C14H10ClN3O3S. The van der Waals surface area contributed by atoms with Crippen molar-refractivity contribution in [2.45, 2.75) is 13.5 Å². The van der Waals surface area contributed by atoms with Crippen molar-refractivity contribution >= 4 is 29.1 Å². The highest BCUT2D eigenvalue weighted by molar-refractivity contribution is 7.07. The van der Waals surface area contributed by atoms with Crippen molar-refractivity contribution in [2.24, 2.45) is 0 Å². The van der Waals surface area contributed by atoms with Crippen LogP contribution in [0.15, 0.2) is 34.9 Å². The van der Waals surface area contributed by atoms with Gasteiger partial charge in [0.25, 0.3) is 0 Å². The maximum atomic E-state index is 11.8. The number of benzene rings is 1. The number of hydrogen-bond donors (Lipinski definition) is 0. The van der Waals surface area contributed by atoms with E-state index in [-0.39, 0.29) is 6.61 Å². The van der Waals surface area contributed by atoms with E-state index in [4.69, 9.17) is 20.9 Å². The highest BCUT2D eigenvalue weighted by atomic mass is 35.5. The van der Waals surface area contributed by atoms with Gasteiger partial charge in [-0.2, -0.15) is 0 Å². The number of hydrogen-bond acceptors (Lipinski definition) is 7. The van der Waals surface area contributed by atoms with Crippen LogP contribution < -0.4 is 0 Å². The molecular weight excluding hydrogens is 326 g/mol. The Kier molecular flexibility index (Phi) is 4.17. The fourth-order valence-electron chi connectivity index (χ4n) is 1.75. The molecule has 0 unspecified atom stereocenters. The molecule has 0 fully saturated rings. The Labute approximate surface area is 134 Å². The van der Waals surface area contributed by atoms with Gasteiger partial charge < -0.3 is 9.26 Å². The fourth-order valence-corrected chi connectivity index (χ4v) is 2.43. The molecule has 0 aliphatic heterocycles. The molecule has 2 heterocycles. The fraction of sp³-hybridized carbons (Fsp3) is 0.143. The van der Waals surface area contributed by atoms with Crippen molar-refractivity contribution in [3.63, 3.8) is 0 Å². The second-order valence-electron chi connectivity index (χ2n) is 4.45. The van der Waals surface area contributed by atoms with Crippen LogP contribution in [-0.4, -0.2) is 20.7 Å². The Morgan fingerprint density at radius 1 is 1.36 bits per heavy atom. The third-order valence-corrected chi connectivity index (χ3v) is 3.94. The summed E-state index contributed by atoms with van der Waals surface area (Å²) in [5.41, 5.74) is 1.92. The molecule has 0 radical (unpaired) electrons. The lowest BCUT2D eigenvalue weighted by molar-refractivity contribution is 0.0469. The molecule has 0 spiro atoms. The second-order valence-corrected chi connectivity index (χ2v) is 5.64. The molecule has 0 aliphatic carbocycles. The quantitative estimate of drug-likeness (QED) is 0.679. The molecule has 2 aromatic heterocycles. The van der Waals surface area contributed by atoms with Crippen LogP contribution in [0.2, 0.25) is 5.02 Å². The van der Waals surface area contributed by atoms with E-state index in [1.165, 1.54) is 0 Å². The van der Waals surface area contributed by atoms with Crippen LogP contribution in [0.1, 0.15) is 21.1 Å². The summed E-state index contributed by atoms with van der Waals surface area (Å²) in [4.78, 5) is 12.2. The monoisotopic (exact) mass is 335 g/mol. The number of ether oxygens (including phenoxy) is 1. The summed E-state index contributed by atoms with van der Waals surface area (Å²) in [7, 11) is 0. The van der Waals surface area contributed by atoms with E-state index in [0.717, 1.165) is 17.1 Å². The standard InChI is InChI=1S/C14H10ClN3O3S/c1-8-13(22-18-16-8)14(19)20-7-11-6-12(21-17-11)9-2-4-10(15)5-3-9/h2-6H,7H2,1H3. The average Bonchev–Trinajstić information content (AvgIpc) is 3.14. The summed E-state index contributed by atoms with van der Waals surface area (Å²) < 4.78 is 14.1. The summed E-state index contributed by atoms with van der Waals surface area (Å²) in [5.74, 6) is 0.113. The molecule has 6 nitrogen and oxygen atoms in total. The van der Waals surface area contributed by atoms with Crippen LogP contribution in [0, 0.1) is 6.92 Å². The molecule has 0 N–H and O–H groups in total. The van der Waals surface area contributed by atoms with Crippen molar-refractivity contribution in [1.82, 2.24) is 14.7 Å². The van der Waals surface area contributed by atoms with Crippen LogP contribution in [0.25, 0.3) is 11.3 Å². The molecule has 0 saturated carbocycles. The lowest BCUT2D eigenvalue weighted by atomic mass is 10.2. The van der Waals surface area contributed by atoms with Gasteiger partial charge in [0, 0.05) is 16.7 Å². The molecule has 1 aromatic carbocycles.